The molecule has 1 aromatic heterocycles. The summed E-state index contributed by atoms with van der Waals surface area (Å²) in [5, 5.41) is 0.0873. The van der Waals surface area contributed by atoms with Crippen LogP contribution >= 0.6 is 11.6 Å². The second-order valence-corrected chi connectivity index (χ2v) is 3.41. The third-order valence-corrected chi connectivity index (χ3v) is 2.37. The third-order valence-electron chi connectivity index (χ3n) is 2.07. The van der Waals surface area contributed by atoms with Crippen LogP contribution in [-0.4, -0.2) is 16.3 Å². The molecule has 2 rings (SSSR count). The normalized spacial score (nSPS) is 10.1. The van der Waals surface area contributed by atoms with E-state index in [1.165, 1.54) is 30.6 Å². The number of carbonyl (C=O) groups is 1. The monoisotopic (exact) mass is 236 g/mol. The zero-order valence-electron chi connectivity index (χ0n) is 8.02. The van der Waals surface area contributed by atoms with Crippen molar-refractivity contribution in [2.75, 3.05) is 0 Å². The van der Waals surface area contributed by atoms with Crippen LogP contribution < -0.4 is 0 Å². The van der Waals surface area contributed by atoms with Gasteiger partial charge < -0.3 is 0 Å². The minimum absolute atomic E-state index is 0.0873. The molecule has 2 aromatic rings. The molecule has 0 aliphatic carbocycles. The van der Waals surface area contributed by atoms with Crippen LogP contribution in [0.1, 0.15) is 10.4 Å². The van der Waals surface area contributed by atoms with Gasteiger partial charge in [-0.05, 0) is 24.3 Å². The van der Waals surface area contributed by atoms with E-state index in [1.807, 2.05) is 0 Å². The van der Waals surface area contributed by atoms with Crippen LogP contribution in [0.2, 0.25) is 5.15 Å². The molecular formula is C11H6ClFN2O. The van der Waals surface area contributed by atoms with Crippen molar-refractivity contribution in [1.82, 2.24) is 9.97 Å². The maximum Gasteiger partial charge on any atom is 0.155 e. The predicted molar refractivity (Wildman–Crippen MR) is 57.8 cm³/mol. The summed E-state index contributed by atoms with van der Waals surface area (Å²) >= 11 is 5.75. The van der Waals surface area contributed by atoms with Crippen LogP contribution in [0, 0.1) is 5.82 Å². The summed E-state index contributed by atoms with van der Waals surface area (Å²) in [4.78, 5) is 18.5. The van der Waals surface area contributed by atoms with Gasteiger partial charge >= 0.3 is 0 Å². The first-order valence-electron chi connectivity index (χ1n) is 4.44. The van der Waals surface area contributed by atoms with Crippen molar-refractivity contribution in [3.63, 3.8) is 0 Å². The first kappa shape index (κ1) is 10.7. The molecule has 0 amide bonds. The molecule has 0 aliphatic rings. The number of rotatable bonds is 2. The van der Waals surface area contributed by atoms with Crippen molar-refractivity contribution in [3.8, 4) is 11.3 Å². The van der Waals surface area contributed by atoms with Crippen LogP contribution in [0.15, 0.2) is 30.6 Å². The second kappa shape index (κ2) is 4.37. The summed E-state index contributed by atoms with van der Waals surface area (Å²) in [5.74, 6) is -0.350. The smallest absolute Gasteiger partial charge is 0.155 e. The highest BCUT2D eigenvalue weighted by Gasteiger charge is 2.10. The first-order chi connectivity index (χ1) is 7.72. The Morgan fingerprint density at radius 1 is 1.19 bits per heavy atom. The number of nitrogens with zero attached hydrogens (tertiary/aromatic N) is 2. The molecule has 0 spiro atoms. The Morgan fingerprint density at radius 2 is 1.88 bits per heavy atom. The maximum absolute atomic E-state index is 12.7. The van der Waals surface area contributed by atoms with Gasteiger partial charge in [-0.15, -0.1) is 0 Å². The Balaban J connectivity index is 2.59. The molecule has 0 saturated carbocycles. The fourth-order valence-electron chi connectivity index (χ4n) is 1.32. The number of aromatic nitrogens is 2. The Kier molecular flexibility index (Phi) is 2.92. The number of halogens is 2. The molecule has 80 valence electrons. The molecule has 5 heteroatoms. The summed E-state index contributed by atoms with van der Waals surface area (Å²) in [6, 6.07) is 5.64. The summed E-state index contributed by atoms with van der Waals surface area (Å²) in [6.07, 6.45) is 1.84. The Morgan fingerprint density at radius 3 is 2.50 bits per heavy atom. The highest BCUT2D eigenvalue weighted by atomic mass is 35.5. The van der Waals surface area contributed by atoms with E-state index in [0.717, 1.165) is 0 Å². The van der Waals surface area contributed by atoms with E-state index in [1.54, 1.807) is 0 Å². The largest absolute Gasteiger partial charge is 0.298 e. The number of hydrogen-bond donors (Lipinski definition) is 0. The van der Waals surface area contributed by atoms with Gasteiger partial charge in [-0.2, -0.15) is 0 Å². The highest BCUT2D eigenvalue weighted by molar-refractivity contribution is 6.32. The van der Waals surface area contributed by atoms with E-state index in [9.17, 15) is 9.18 Å². The molecule has 0 radical (unpaired) electrons. The Labute approximate surface area is 95.9 Å². The first-order valence-corrected chi connectivity index (χ1v) is 4.82. The van der Waals surface area contributed by atoms with E-state index < -0.39 is 0 Å². The van der Waals surface area contributed by atoms with Gasteiger partial charge in [0.15, 0.2) is 6.29 Å². The third kappa shape index (κ3) is 1.92. The molecule has 0 fully saturated rings. The van der Waals surface area contributed by atoms with Gasteiger partial charge in [0.2, 0.25) is 0 Å². The predicted octanol–water partition coefficient (Wildman–Crippen LogP) is 2.75. The fourth-order valence-corrected chi connectivity index (χ4v) is 1.49. The number of carbonyl (C=O) groups excluding carboxylic acids is 1. The van der Waals surface area contributed by atoms with Crippen LogP contribution in [0.3, 0.4) is 0 Å². The average molecular weight is 237 g/mol. The van der Waals surface area contributed by atoms with Crippen LogP contribution in [0.25, 0.3) is 11.3 Å². The minimum atomic E-state index is -0.350. The number of hydrogen-bond acceptors (Lipinski definition) is 3. The number of aldehydes is 1. The fraction of sp³-hybridized carbons (Fsp3) is 0. The molecule has 1 aromatic carbocycles. The lowest BCUT2D eigenvalue weighted by molar-refractivity contribution is 0.112. The Hall–Kier alpha value is -1.81. The Bertz CT molecular complexity index is 528. The molecule has 1 heterocycles. The lowest BCUT2D eigenvalue weighted by Gasteiger charge is -2.04. The van der Waals surface area contributed by atoms with E-state index in [-0.39, 0.29) is 16.5 Å². The maximum atomic E-state index is 12.7. The van der Waals surface area contributed by atoms with Crippen molar-refractivity contribution in [2.24, 2.45) is 0 Å². The van der Waals surface area contributed by atoms with Gasteiger partial charge in [0.25, 0.3) is 0 Å². The quantitative estimate of drug-likeness (QED) is 0.595. The highest BCUT2D eigenvalue weighted by Crippen LogP contribution is 2.23. The van der Waals surface area contributed by atoms with E-state index in [2.05, 4.69) is 9.97 Å². The molecule has 16 heavy (non-hydrogen) atoms. The summed E-state index contributed by atoms with van der Waals surface area (Å²) < 4.78 is 12.7. The van der Waals surface area contributed by atoms with E-state index >= 15 is 0 Å². The van der Waals surface area contributed by atoms with Gasteiger partial charge in [-0.1, -0.05) is 11.6 Å². The van der Waals surface area contributed by atoms with Crippen molar-refractivity contribution in [3.05, 3.63) is 47.1 Å². The van der Waals surface area contributed by atoms with E-state index in [0.29, 0.717) is 17.5 Å². The lowest BCUT2D eigenvalue weighted by atomic mass is 10.1. The molecule has 3 nitrogen and oxygen atoms in total. The average Bonchev–Trinajstić information content (AvgIpc) is 2.30. The van der Waals surface area contributed by atoms with E-state index in [4.69, 9.17) is 11.6 Å². The minimum Gasteiger partial charge on any atom is -0.298 e. The zero-order valence-corrected chi connectivity index (χ0v) is 8.78. The van der Waals surface area contributed by atoms with Crippen molar-refractivity contribution in [2.45, 2.75) is 0 Å². The zero-order chi connectivity index (χ0) is 11.5. The lowest BCUT2D eigenvalue weighted by Crippen LogP contribution is -1.95. The summed E-state index contributed by atoms with van der Waals surface area (Å²) in [7, 11) is 0. The van der Waals surface area contributed by atoms with Gasteiger partial charge in [-0.25, -0.2) is 14.4 Å². The molecule has 0 bridgehead atoms. The van der Waals surface area contributed by atoms with Gasteiger partial charge in [0, 0.05) is 5.56 Å². The van der Waals surface area contributed by atoms with Crippen LogP contribution in [-0.2, 0) is 0 Å². The van der Waals surface area contributed by atoms with Crippen molar-refractivity contribution in [1.29, 1.82) is 0 Å². The molecule has 0 atom stereocenters. The summed E-state index contributed by atoms with van der Waals surface area (Å²) in [6.45, 7) is 0. The van der Waals surface area contributed by atoms with Crippen molar-refractivity contribution < 1.29 is 9.18 Å². The molecule has 0 saturated heterocycles. The van der Waals surface area contributed by atoms with Gasteiger partial charge in [0.05, 0.1) is 11.3 Å². The van der Waals surface area contributed by atoms with Gasteiger partial charge in [-0.3, -0.25) is 4.79 Å². The molecule has 0 aliphatic heterocycles. The molecule has 0 unspecified atom stereocenters. The summed E-state index contributed by atoms with van der Waals surface area (Å²) in [5.41, 5.74) is 1.22. The van der Waals surface area contributed by atoms with Crippen LogP contribution in [0.4, 0.5) is 4.39 Å². The standard InChI is InChI=1S/C11H6ClFN2O/c12-11-9(5-16)10(14-6-15-11)7-1-3-8(13)4-2-7/h1-6H. The second-order valence-electron chi connectivity index (χ2n) is 3.05. The number of benzene rings is 1. The van der Waals surface area contributed by atoms with Crippen molar-refractivity contribution >= 4 is 17.9 Å². The topological polar surface area (TPSA) is 42.9 Å². The van der Waals surface area contributed by atoms with Crippen LogP contribution in [0.5, 0.6) is 0 Å². The SMILES string of the molecule is O=Cc1c(Cl)ncnc1-c1ccc(F)cc1. The molecular weight excluding hydrogens is 231 g/mol. The molecule has 0 N–H and O–H groups in total. The van der Waals surface area contributed by atoms with Gasteiger partial charge in [0.1, 0.15) is 17.3 Å².